The molecule has 0 spiro atoms. The van der Waals surface area contributed by atoms with Crippen LogP contribution in [0, 0.1) is 0 Å². The Labute approximate surface area is 129 Å². The summed E-state index contributed by atoms with van der Waals surface area (Å²) in [6.07, 6.45) is -0.361. The van der Waals surface area contributed by atoms with Gasteiger partial charge in [-0.3, -0.25) is 9.59 Å². The Balaban J connectivity index is 2.69. The lowest BCUT2D eigenvalue weighted by atomic mass is 9.72. The third kappa shape index (κ3) is 3.01. The lowest BCUT2D eigenvalue weighted by molar-refractivity contribution is -0.153. The van der Waals surface area contributed by atoms with Crippen molar-refractivity contribution in [2.75, 3.05) is 6.61 Å². The van der Waals surface area contributed by atoms with Gasteiger partial charge in [-0.1, -0.05) is 60.7 Å². The molecule has 0 atom stereocenters. The summed E-state index contributed by atoms with van der Waals surface area (Å²) in [5.41, 5.74) is -0.117. The van der Waals surface area contributed by atoms with E-state index in [1.165, 1.54) is 0 Å². The van der Waals surface area contributed by atoms with Crippen LogP contribution >= 0.6 is 0 Å². The van der Waals surface area contributed by atoms with Gasteiger partial charge in [0.25, 0.3) is 0 Å². The molecule has 0 aliphatic carbocycles. The van der Waals surface area contributed by atoms with Crippen molar-refractivity contribution in [3.8, 4) is 0 Å². The topological polar surface area (TPSA) is 63.6 Å². The average Bonchev–Trinajstić information content (AvgIpc) is 2.54. The minimum Gasteiger partial charge on any atom is -0.481 e. The molecule has 1 N–H and O–H groups in total. The van der Waals surface area contributed by atoms with Gasteiger partial charge < -0.3 is 9.84 Å². The predicted octanol–water partition coefficient (Wildman–Crippen LogP) is 3.01. The monoisotopic (exact) mass is 298 g/mol. The van der Waals surface area contributed by atoms with Crippen LogP contribution < -0.4 is 0 Å². The van der Waals surface area contributed by atoms with Crippen LogP contribution in [-0.4, -0.2) is 23.7 Å². The maximum Gasteiger partial charge on any atom is 0.321 e. The lowest BCUT2D eigenvalue weighted by Gasteiger charge is -2.31. The number of carbonyl (C=O) groups is 2. The normalized spacial score (nSPS) is 11.0. The van der Waals surface area contributed by atoms with E-state index in [1.807, 2.05) is 12.1 Å². The highest BCUT2D eigenvalue weighted by Gasteiger charge is 2.45. The van der Waals surface area contributed by atoms with E-state index in [-0.39, 0.29) is 13.0 Å². The second-order valence-corrected chi connectivity index (χ2v) is 4.93. The summed E-state index contributed by atoms with van der Waals surface area (Å²) in [6.45, 7) is 1.90. The maximum absolute atomic E-state index is 12.7. The van der Waals surface area contributed by atoms with Crippen molar-refractivity contribution in [3.63, 3.8) is 0 Å². The van der Waals surface area contributed by atoms with Crippen LogP contribution in [-0.2, 0) is 19.7 Å². The Kier molecular flexibility index (Phi) is 4.94. The van der Waals surface area contributed by atoms with Gasteiger partial charge in [-0.25, -0.2) is 0 Å². The molecule has 4 nitrogen and oxygen atoms in total. The number of esters is 1. The second kappa shape index (κ2) is 6.89. The summed E-state index contributed by atoms with van der Waals surface area (Å²) in [5.74, 6) is -1.60. The lowest BCUT2D eigenvalue weighted by Crippen LogP contribution is -2.40. The number of carboxylic acid groups (broad SMARTS) is 1. The van der Waals surface area contributed by atoms with E-state index in [9.17, 15) is 14.7 Å². The van der Waals surface area contributed by atoms with Crippen LogP contribution in [0.5, 0.6) is 0 Å². The Hall–Kier alpha value is -2.62. The van der Waals surface area contributed by atoms with Crippen LogP contribution in [0.2, 0.25) is 0 Å². The van der Waals surface area contributed by atoms with E-state index >= 15 is 0 Å². The highest BCUT2D eigenvalue weighted by molar-refractivity contribution is 5.92. The van der Waals surface area contributed by atoms with Gasteiger partial charge in [-0.15, -0.1) is 0 Å². The van der Waals surface area contributed by atoms with Crippen LogP contribution in [0.4, 0.5) is 0 Å². The van der Waals surface area contributed by atoms with Gasteiger partial charge in [0.1, 0.15) is 5.41 Å². The van der Waals surface area contributed by atoms with Crippen molar-refractivity contribution in [1.29, 1.82) is 0 Å². The van der Waals surface area contributed by atoms with Crippen molar-refractivity contribution in [1.82, 2.24) is 0 Å². The fourth-order valence-electron chi connectivity index (χ4n) is 2.61. The molecule has 0 amide bonds. The third-order valence-electron chi connectivity index (χ3n) is 3.57. The Bertz CT molecular complexity index is 595. The molecule has 2 aromatic rings. The first-order valence-corrected chi connectivity index (χ1v) is 7.11. The van der Waals surface area contributed by atoms with Gasteiger partial charge in [0.05, 0.1) is 13.0 Å². The molecule has 22 heavy (non-hydrogen) atoms. The first-order chi connectivity index (χ1) is 10.6. The molecule has 0 fully saturated rings. The van der Waals surface area contributed by atoms with Gasteiger partial charge in [-0.2, -0.15) is 0 Å². The van der Waals surface area contributed by atoms with E-state index < -0.39 is 17.4 Å². The van der Waals surface area contributed by atoms with Crippen molar-refractivity contribution >= 4 is 11.9 Å². The van der Waals surface area contributed by atoms with Gasteiger partial charge in [-0.05, 0) is 18.1 Å². The largest absolute Gasteiger partial charge is 0.481 e. The number of rotatable bonds is 6. The molecule has 0 aliphatic rings. The minimum atomic E-state index is -1.34. The Morgan fingerprint density at radius 2 is 1.41 bits per heavy atom. The SMILES string of the molecule is CCOC(=O)C(CC(=O)O)(c1ccccc1)c1ccccc1. The van der Waals surface area contributed by atoms with Crippen molar-refractivity contribution < 1.29 is 19.4 Å². The molecule has 0 unspecified atom stereocenters. The molecule has 0 aromatic heterocycles. The van der Waals surface area contributed by atoms with E-state index in [4.69, 9.17) is 4.74 Å². The number of ether oxygens (including phenoxy) is 1. The average molecular weight is 298 g/mol. The number of carbonyl (C=O) groups excluding carboxylic acids is 1. The molecule has 2 aromatic carbocycles. The van der Waals surface area contributed by atoms with Crippen LogP contribution in [0.25, 0.3) is 0 Å². The summed E-state index contributed by atoms with van der Waals surface area (Å²) >= 11 is 0. The zero-order valence-corrected chi connectivity index (χ0v) is 12.4. The van der Waals surface area contributed by atoms with Crippen molar-refractivity contribution in [2.45, 2.75) is 18.8 Å². The summed E-state index contributed by atoms with van der Waals surface area (Å²) in [4.78, 5) is 24.2. The highest BCUT2D eigenvalue weighted by atomic mass is 16.5. The van der Waals surface area contributed by atoms with E-state index in [0.29, 0.717) is 11.1 Å². The smallest absolute Gasteiger partial charge is 0.321 e. The van der Waals surface area contributed by atoms with Crippen LogP contribution in [0.3, 0.4) is 0 Å². The van der Waals surface area contributed by atoms with Gasteiger partial charge in [0.2, 0.25) is 0 Å². The van der Waals surface area contributed by atoms with Gasteiger partial charge in [0, 0.05) is 0 Å². The highest BCUT2D eigenvalue weighted by Crippen LogP contribution is 2.37. The third-order valence-corrected chi connectivity index (χ3v) is 3.57. The number of hydrogen-bond acceptors (Lipinski definition) is 3. The standard InChI is InChI=1S/C18H18O4/c1-2-22-17(21)18(13-16(19)20,14-9-5-3-6-10-14)15-11-7-4-8-12-15/h3-12H,2,13H2,1H3,(H,19,20). The van der Waals surface area contributed by atoms with E-state index in [2.05, 4.69) is 0 Å². The molecule has 2 rings (SSSR count). The van der Waals surface area contributed by atoms with Crippen molar-refractivity contribution in [2.24, 2.45) is 0 Å². The van der Waals surface area contributed by atoms with E-state index in [0.717, 1.165) is 0 Å². The fraction of sp³-hybridized carbons (Fsp3) is 0.222. The van der Waals surface area contributed by atoms with Gasteiger partial charge >= 0.3 is 11.9 Å². The molecule has 0 aliphatic heterocycles. The zero-order valence-electron chi connectivity index (χ0n) is 12.4. The molecule has 114 valence electrons. The summed E-state index contributed by atoms with van der Waals surface area (Å²) < 4.78 is 5.21. The van der Waals surface area contributed by atoms with Crippen LogP contribution in [0.1, 0.15) is 24.5 Å². The van der Waals surface area contributed by atoms with Crippen LogP contribution in [0.15, 0.2) is 60.7 Å². The molecule has 0 saturated carbocycles. The molecule has 4 heteroatoms. The first kappa shape index (κ1) is 15.8. The summed E-state index contributed by atoms with van der Waals surface area (Å²) in [5, 5.41) is 9.38. The molecule has 0 bridgehead atoms. The van der Waals surface area contributed by atoms with E-state index in [1.54, 1.807) is 55.5 Å². The summed E-state index contributed by atoms with van der Waals surface area (Å²) in [6, 6.07) is 17.8. The number of carboxylic acids is 1. The quantitative estimate of drug-likeness (QED) is 0.833. The zero-order chi connectivity index (χ0) is 16.0. The molecule has 0 heterocycles. The molecular formula is C18H18O4. The second-order valence-electron chi connectivity index (χ2n) is 4.93. The number of benzene rings is 2. The molecule has 0 saturated heterocycles. The predicted molar refractivity (Wildman–Crippen MR) is 82.5 cm³/mol. The van der Waals surface area contributed by atoms with Crippen molar-refractivity contribution in [3.05, 3.63) is 71.8 Å². The number of hydrogen-bond donors (Lipinski definition) is 1. The maximum atomic E-state index is 12.7. The first-order valence-electron chi connectivity index (χ1n) is 7.11. The summed E-state index contributed by atoms with van der Waals surface area (Å²) in [7, 11) is 0. The molecule has 0 radical (unpaired) electrons. The Morgan fingerprint density at radius 1 is 0.955 bits per heavy atom. The minimum absolute atomic E-state index is 0.194. The number of aliphatic carboxylic acids is 1. The fourth-order valence-corrected chi connectivity index (χ4v) is 2.61. The Morgan fingerprint density at radius 3 is 1.77 bits per heavy atom. The molecular weight excluding hydrogens is 280 g/mol. The van der Waals surface area contributed by atoms with Gasteiger partial charge in [0.15, 0.2) is 0 Å².